The van der Waals surface area contributed by atoms with Crippen molar-refractivity contribution in [2.75, 3.05) is 10.6 Å². The molecule has 1 atom stereocenters. The summed E-state index contributed by atoms with van der Waals surface area (Å²) in [5.74, 6) is 0.391. The number of anilines is 2. The van der Waals surface area contributed by atoms with Crippen LogP contribution in [0.4, 0.5) is 10.8 Å². The topological polar surface area (TPSA) is 80.3 Å². The van der Waals surface area contributed by atoms with Crippen molar-refractivity contribution >= 4 is 34.0 Å². The number of benzene rings is 1. The molecule has 1 aliphatic heterocycles. The number of rotatable bonds is 2. The number of thiazole rings is 1. The van der Waals surface area contributed by atoms with Crippen molar-refractivity contribution in [2.45, 2.75) is 33.8 Å². The molecule has 0 saturated heterocycles. The lowest BCUT2D eigenvalue weighted by Crippen LogP contribution is -2.34. The number of ether oxygens (including phenoxy) is 1. The van der Waals surface area contributed by atoms with E-state index in [-0.39, 0.29) is 11.8 Å². The summed E-state index contributed by atoms with van der Waals surface area (Å²) in [4.78, 5) is 28.2. The van der Waals surface area contributed by atoms with E-state index < -0.39 is 11.5 Å². The summed E-state index contributed by atoms with van der Waals surface area (Å²) >= 11 is 1.37. The first-order valence-electron chi connectivity index (χ1n) is 7.63. The summed E-state index contributed by atoms with van der Waals surface area (Å²) in [5.41, 5.74) is 1.74. The maximum absolute atomic E-state index is 12.0. The fourth-order valence-electron chi connectivity index (χ4n) is 2.12. The second kappa shape index (κ2) is 5.90. The zero-order valence-electron chi connectivity index (χ0n) is 14.0. The summed E-state index contributed by atoms with van der Waals surface area (Å²) in [6.45, 7) is 7.26. The van der Waals surface area contributed by atoms with Crippen LogP contribution in [-0.4, -0.2) is 22.9 Å². The normalized spacial score (nSPS) is 16.8. The number of carbonyl (C=O) groups excluding carboxylic acids is 2. The number of carbonyl (C=O) groups is 2. The van der Waals surface area contributed by atoms with Gasteiger partial charge < -0.3 is 15.4 Å². The molecule has 7 heteroatoms. The molecule has 0 radical (unpaired) electrons. The van der Waals surface area contributed by atoms with Gasteiger partial charge in [0.2, 0.25) is 5.91 Å². The molecule has 0 spiro atoms. The molecular formula is C17H19N3O3S. The standard InChI is InChI=1S/C17H19N3O3S/c1-9-14(21)18-11-7-10(5-6-13(11)23-9)12-8-24-16(19-12)20-15(22)17(2,3)4/h5-9H,1-4H3,(H,18,21)(H,19,20,22)/t9-/m1/s1. The zero-order valence-corrected chi connectivity index (χ0v) is 14.8. The number of amides is 2. The predicted octanol–water partition coefficient (Wildman–Crippen LogP) is 3.51. The van der Waals surface area contributed by atoms with Gasteiger partial charge in [-0.05, 0) is 25.1 Å². The van der Waals surface area contributed by atoms with Gasteiger partial charge in [-0.25, -0.2) is 4.98 Å². The third kappa shape index (κ3) is 3.26. The highest BCUT2D eigenvalue weighted by atomic mass is 32.1. The lowest BCUT2D eigenvalue weighted by atomic mass is 9.96. The van der Waals surface area contributed by atoms with E-state index in [0.717, 1.165) is 11.3 Å². The van der Waals surface area contributed by atoms with E-state index >= 15 is 0 Å². The van der Waals surface area contributed by atoms with Gasteiger partial charge in [0, 0.05) is 16.4 Å². The molecule has 2 N–H and O–H groups in total. The molecule has 0 bridgehead atoms. The quantitative estimate of drug-likeness (QED) is 0.873. The highest BCUT2D eigenvalue weighted by molar-refractivity contribution is 7.14. The Morgan fingerprint density at radius 3 is 2.83 bits per heavy atom. The minimum Gasteiger partial charge on any atom is -0.479 e. The van der Waals surface area contributed by atoms with Gasteiger partial charge in [-0.3, -0.25) is 9.59 Å². The average molecular weight is 345 g/mol. The molecule has 3 rings (SSSR count). The van der Waals surface area contributed by atoms with Crippen LogP contribution in [-0.2, 0) is 9.59 Å². The number of nitrogens with zero attached hydrogens (tertiary/aromatic N) is 1. The molecule has 6 nitrogen and oxygen atoms in total. The first-order chi connectivity index (χ1) is 11.2. The minimum absolute atomic E-state index is 0.0801. The van der Waals surface area contributed by atoms with Gasteiger partial charge in [0.1, 0.15) is 5.75 Å². The minimum atomic E-state index is -0.498. The van der Waals surface area contributed by atoms with Crippen molar-refractivity contribution in [1.82, 2.24) is 4.98 Å². The Bertz CT molecular complexity index is 808. The molecule has 0 saturated carbocycles. The maximum atomic E-state index is 12.0. The first kappa shape index (κ1) is 16.4. The molecular weight excluding hydrogens is 326 g/mol. The predicted molar refractivity (Wildman–Crippen MR) is 94.4 cm³/mol. The van der Waals surface area contributed by atoms with E-state index in [1.807, 2.05) is 44.4 Å². The van der Waals surface area contributed by atoms with Gasteiger partial charge in [-0.1, -0.05) is 20.8 Å². The van der Waals surface area contributed by atoms with Gasteiger partial charge in [0.15, 0.2) is 11.2 Å². The Morgan fingerprint density at radius 1 is 1.38 bits per heavy atom. The van der Waals surface area contributed by atoms with E-state index in [9.17, 15) is 9.59 Å². The molecule has 2 amide bonds. The third-order valence-electron chi connectivity index (χ3n) is 3.61. The Kier molecular flexibility index (Phi) is 4.04. The van der Waals surface area contributed by atoms with Crippen molar-refractivity contribution in [3.05, 3.63) is 23.6 Å². The van der Waals surface area contributed by atoms with Gasteiger partial charge in [0.25, 0.3) is 5.91 Å². The molecule has 0 aliphatic carbocycles. The highest BCUT2D eigenvalue weighted by Gasteiger charge is 2.24. The Labute approximate surface area is 144 Å². The second-order valence-electron chi connectivity index (χ2n) is 6.70. The summed E-state index contributed by atoms with van der Waals surface area (Å²) < 4.78 is 5.54. The van der Waals surface area contributed by atoms with Crippen LogP contribution in [0.3, 0.4) is 0 Å². The van der Waals surface area contributed by atoms with E-state index in [2.05, 4.69) is 15.6 Å². The van der Waals surface area contributed by atoms with Crippen LogP contribution in [0, 0.1) is 5.41 Å². The van der Waals surface area contributed by atoms with E-state index in [1.54, 1.807) is 6.92 Å². The molecule has 2 heterocycles. The molecule has 1 aromatic heterocycles. The number of hydrogen-bond donors (Lipinski definition) is 2. The Hall–Kier alpha value is -2.41. The lowest BCUT2D eigenvalue weighted by molar-refractivity contribution is -0.123. The van der Waals surface area contributed by atoms with Crippen molar-refractivity contribution in [3.63, 3.8) is 0 Å². The molecule has 0 fully saturated rings. The van der Waals surface area contributed by atoms with E-state index in [1.165, 1.54) is 11.3 Å². The fourth-order valence-corrected chi connectivity index (χ4v) is 2.83. The monoisotopic (exact) mass is 345 g/mol. The molecule has 0 unspecified atom stereocenters. The van der Waals surface area contributed by atoms with Crippen molar-refractivity contribution in [2.24, 2.45) is 5.41 Å². The van der Waals surface area contributed by atoms with Crippen molar-refractivity contribution in [1.29, 1.82) is 0 Å². The number of hydrogen-bond acceptors (Lipinski definition) is 5. The van der Waals surface area contributed by atoms with Crippen LogP contribution < -0.4 is 15.4 Å². The third-order valence-corrected chi connectivity index (χ3v) is 4.37. The highest BCUT2D eigenvalue weighted by Crippen LogP contribution is 2.35. The van der Waals surface area contributed by atoms with E-state index in [0.29, 0.717) is 16.6 Å². The van der Waals surface area contributed by atoms with Gasteiger partial charge >= 0.3 is 0 Å². The Morgan fingerprint density at radius 2 is 2.12 bits per heavy atom. The van der Waals surface area contributed by atoms with Crippen LogP contribution in [0.15, 0.2) is 23.6 Å². The number of aromatic nitrogens is 1. The van der Waals surface area contributed by atoms with Gasteiger partial charge in [-0.2, -0.15) is 0 Å². The van der Waals surface area contributed by atoms with Crippen LogP contribution in [0.2, 0.25) is 0 Å². The number of fused-ring (bicyclic) bond motifs is 1. The molecule has 1 aliphatic rings. The number of nitrogens with one attached hydrogen (secondary N) is 2. The largest absolute Gasteiger partial charge is 0.479 e. The zero-order chi connectivity index (χ0) is 17.5. The SMILES string of the molecule is C[C@H]1Oc2ccc(-c3csc(NC(=O)C(C)(C)C)n3)cc2NC1=O. The van der Waals surface area contributed by atoms with Crippen molar-refractivity contribution in [3.8, 4) is 17.0 Å². The average Bonchev–Trinajstić information content (AvgIpc) is 2.95. The molecule has 1 aromatic carbocycles. The lowest BCUT2D eigenvalue weighted by Gasteiger charge is -2.23. The molecule has 24 heavy (non-hydrogen) atoms. The first-order valence-corrected chi connectivity index (χ1v) is 8.51. The second-order valence-corrected chi connectivity index (χ2v) is 7.56. The van der Waals surface area contributed by atoms with Crippen LogP contribution in [0.1, 0.15) is 27.7 Å². The summed E-state index contributed by atoms with van der Waals surface area (Å²) in [7, 11) is 0. The van der Waals surface area contributed by atoms with Crippen LogP contribution >= 0.6 is 11.3 Å². The van der Waals surface area contributed by atoms with Crippen LogP contribution in [0.5, 0.6) is 5.75 Å². The summed E-state index contributed by atoms with van der Waals surface area (Å²) in [6, 6.07) is 5.52. The van der Waals surface area contributed by atoms with Crippen LogP contribution in [0.25, 0.3) is 11.3 Å². The smallest absolute Gasteiger partial charge is 0.265 e. The fraction of sp³-hybridized carbons (Fsp3) is 0.353. The molecule has 126 valence electrons. The summed E-state index contributed by atoms with van der Waals surface area (Å²) in [6.07, 6.45) is -0.498. The van der Waals surface area contributed by atoms with Crippen molar-refractivity contribution < 1.29 is 14.3 Å². The Balaban J connectivity index is 1.82. The van der Waals surface area contributed by atoms with Gasteiger partial charge in [0.05, 0.1) is 11.4 Å². The van der Waals surface area contributed by atoms with E-state index in [4.69, 9.17) is 4.74 Å². The summed E-state index contributed by atoms with van der Waals surface area (Å²) in [5, 5.41) is 8.06. The maximum Gasteiger partial charge on any atom is 0.265 e. The van der Waals surface area contributed by atoms with Gasteiger partial charge in [-0.15, -0.1) is 11.3 Å². The molecule has 2 aromatic rings.